The van der Waals surface area contributed by atoms with Crippen LogP contribution in [0, 0.1) is 0 Å². The number of carbonyl (C=O) groups excluding carboxylic acids is 2. The van der Waals surface area contributed by atoms with Crippen LogP contribution in [-0.4, -0.2) is 49.4 Å². The van der Waals surface area contributed by atoms with E-state index in [1.807, 2.05) is 0 Å². The Hall–Kier alpha value is -1.30. The van der Waals surface area contributed by atoms with E-state index in [4.69, 9.17) is 23.2 Å². The van der Waals surface area contributed by atoms with Crippen molar-refractivity contribution in [2.75, 3.05) is 26.7 Å². The number of nitrogens with one attached hydrogen (secondary N) is 2. The first kappa shape index (κ1) is 15.1. The largest absolute Gasteiger partial charge is 0.357 e. The molecule has 0 saturated carbocycles. The Morgan fingerprint density at radius 2 is 2.15 bits per heavy atom. The number of nitrogens with zero attached hydrogens (tertiary/aromatic N) is 1. The highest BCUT2D eigenvalue weighted by Crippen LogP contribution is 2.23. The molecule has 5 nitrogen and oxygen atoms in total. The summed E-state index contributed by atoms with van der Waals surface area (Å²) < 4.78 is 0. The summed E-state index contributed by atoms with van der Waals surface area (Å²) >= 11 is 12.0. The number of benzene rings is 1. The molecular weight excluding hydrogens is 301 g/mol. The van der Waals surface area contributed by atoms with Crippen LogP contribution in [0.3, 0.4) is 0 Å². The molecule has 7 heteroatoms. The number of hydrogen-bond donors (Lipinski definition) is 2. The summed E-state index contributed by atoms with van der Waals surface area (Å²) in [6, 6.07) is 4.18. The minimum atomic E-state index is -0.545. The second-order valence-electron chi connectivity index (χ2n) is 4.46. The number of rotatable bonds is 2. The van der Waals surface area contributed by atoms with Gasteiger partial charge in [-0.2, -0.15) is 0 Å². The van der Waals surface area contributed by atoms with Crippen LogP contribution in [0.1, 0.15) is 10.4 Å². The molecule has 1 heterocycles. The summed E-state index contributed by atoms with van der Waals surface area (Å²) in [6.07, 6.45) is 0. The van der Waals surface area contributed by atoms with Crippen LogP contribution in [0.5, 0.6) is 0 Å². The molecule has 1 aromatic rings. The Balaban J connectivity index is 2.30. The first-order valence-corrected chi connectivity index (χ1v) is 6.98. The van der Waals surface area contributed by atoms with Crippen LogP contribution >= 0.6 is 23.2 Å². The monoisotopic (exact) mass is 315 g/mol. The zero-order valence-corrected chi connectivity index (χ0v) is 12.5. The quantitative estimate of drug-likeness (QED) is 0.860. The third-order valence-electron chi connectivity index (χ3n) is 3.21. The van der Waals surface area contributed by atoms with Crippen LogP contribution < -0.4 is 10.6 Å². The summed E-state index contributed by atoms with van der Waals surface area (Å²) in [5.74, 6) is -0.490. The number of carbonyl (C=O) groups is 2. The maximum absolute atomic E-state index is 12.6. The SMILES string of the molecule is CNC(=O)C1CNCCN1C(=O)c1cc(Cl)ccc1Cl. The van der Waals surface area contributed by atoms with Gasteiger partial charge < -0.3 is 15.5 Å². The van der Waals surface area contributed by atoms with Gasteiger partial charge in [0, 0.05) is 31.7 Å². The lowest BCUT2D eigenvalue weighted by Gasteiger charge is -2.35. The lowest BCUT2D eigenvalue weighted by atomic mass is 10.1. The van der Waals surface area contributed by atoms with Crippen LogP contribution in [0.25, 0.3) is 0 Å². The number of amides is 2. The molecule has 1 atom stereocenters. The van der Waals surface area contributed by atoms with Gasteiger partial charge in [-0.25, -0.2) is 0 Å². The van der Waals surface area contributed by atoms with Crippen molar-refractivity contribution in [1.29, 1.82) is 0 Å². The Kier molecular flexibility index (Phi) is 4.86. The summed E-state index contributed by atoms with van der Waals surface area (Å²) in [6.45, 7) is 1.50. The van der Waals surface area contributed by atoms with Gasteiger partial charge in [-0.05, 0) is 18.2 Å². The highest BCUT2D eigenvalue weighted by molar-refractivity contribution is 6.35. The van der Waals surface area contributed by atoms with E-state index < -0.39 is 6.04 Å². The average Bonchev–Trinajstić information content (AvgIpc) is 2.48. The van der Waals surface area contributed by atoms with E-state index in [-0.39, 0.29) is 11.8 Å². The minimum Gasteiger partial charge on any atom is -0.357 e. The van der Waals surface area contributed by atoms with E-state index in [0.717, 1.165) is 0 Å². The molecule has 1 aliphatic heterocycles. The van der Waals surface area contributed by atoms with Crippen molar-refractivity contribution in [3.63, 3.8) is 0 Å². The van der Waals surface area contributed by atoms with Crippen molar-refractivity contribution >= 4 is 35.0 Å². The third kappa shape index (κ3) is 3.06. The molecule has 0 aromatic heterocycles. The molecule has 2 rings (SSSR count). The van der Waals surface area contributed by atoms with Crippen LogP contribution in [0.4, 0.5) is 0 Å². The summed E-state index contributed by atoms with van der Waals surface area (Å²) in [4.78, 5) is 26.0. The molecule has 1 aliphatic rings. The lowest BCUT2D eigenvalue weighted by Crippen LogP contribution is -2.59. The Morgan fingerprint density at radius 3 is 2.85 bits per heavy atom. The molecule has 2 N–H and O–H groups in total. The van der Waals surface area contributed by atoms with Crippen molar-refractivity contribution in [3.8, 4) is 0 Å². The summed E-state index contributed by atoms with van der Waals surface area (Å²) in [7, 11) is 1.55. The molecule has 0 radical (unpaired) electrons. The smallest absolute Gasteiger partial charge is 0.256 e. The van der Waals surface area contributed by atoms with Crippen LogP contribution in [-0.2, 0) is 4.79 Å². The second-order valence-corrected chi connectivity index (χ2v) is 5.30. The van der Waals surface area contributed by atoms with E-state index >= 15 is 0 Å². The van der Waals surface area contributed by atoms with Crippen molar-refractivity contribution < 1.29 is 9.59 Å². The molecule has 0 aliphatic carbocycles. The van der Waals surface area contributed by atoms with Gasteiger partial charge in [0.15, 0.2) is 0 Å². The Bertz CT molecular complexity index is 536. The van der Waals surface area contributed by atoms with Gasteiger partial charge in [0.05, 0.1) is 10.6 Å². The van der Waals surface area contributed by atoms with Gasteiger partial charge in [-0.15, -0.1) is 0 Å². The normalized spacial score (nSPS) is 18.8. The van der Waals surface area contributed by atoms with Gasteiger partial charge in [-0.1, -0.05) is 23.2 Å². The van der Waals surface area contributed by atoms with E-state index in [1.165, 1.54) is 11.0 Å². The predicted molar refractivity (Wildman–Crippen MR) is 78.2 cm³/mol. The van der Waals surface area contributed by atoms with Crippen molar-refractivity contribution in [2.24, 2.45) is 0 Å². The van der Waals surface area contributed by atoms with E-state index in [2.05, 4.69) is 10.6 Å². The maximum Gasteiger partial charge on any atom is 0.256 e. The number of halogens is 2. The molecule has 108 valence electrons. The third-order valence-corrected chi connectivity index (χ3v) is 3.78. The first-order chi connectivity index (χ1) is 9.54. The minimum absolute atomic E-state index is 0.205. The van der Waals surface area contributed by atoms with Crippen molar-refractivity contribution in [3.05, 3.63) is 33.8 Å². The van der Waals surface area contributed by atoms with Gasteiger partial charge in [-0.3, -0.25) is 9.59 Å². The topological polar surface area (TPSA) is 61.4 Å². The molecule has 2 amide bonds. The van der Waals surface area contributed by atoms with E-state index in [9.17, 15) is 9.59 Å². The molecule has 1 unspecified atom stereocenters. The second kappa shape index (κ2) is 6.43. The molecule has 1 fully saturated rings. The zero-order valence-electron chi connectivity index (χ0n) is 11.0. The van der Waals surface area contributed by atoms with Crippen LogP contribution in [0.2, 0.25) is 10.0 Å². The van der Waals surface area contributed by atoms with Gasteiger partial charge >= 0.3 is 0 Å². The van der Waals surface area contributed by atoms with Crippen molar-refractivity contribution in [2.45, 2.75) is 6.04 Å². The lowest BCUT2D eigenvalue weighted by molar-refractivity contribution is -0.125. The van der Waals surface area contributed by atoms with Gasteiger partial charge in [0.25, 0.3) is 5.91 Å². The van der Waals surface area contributed by atoms with E-state index in [1.54, 1.807) is 19.2 Å². The molecule has 0 spiro atoms. The average molecular weight is 316 g/mol. The maximum atomic E-state index is 12.6. The molecule has 1 aromatic carbocycles. The fourth-order valence-corrected chi connectivity index (χ4v) is 2.53. The molecule has 1 saturated heterocycles. The number of piperazine rings is 1. The van der Waals surface area contributed by atoms with Crippen LogP contribution in [0.15, 0.2) is 18.2 Å². The molecule has 20 heavy (non-hydrogen) atoms. The summed E-state index contributed by atoms with van der Waals surface area (Å²) in [5, 5.41) is 6.43. The van der Waals surface area contributed by atoms with Gasteiger partial charge in [0.2, 0.25) is 5.91 Å². The fourth-order valence-electron chi connectivity index (χ4n) is 2.16. The first-order valence-electron chi connectivity index (χ1n) is 6.23. The van der Waals surface area contributed by atoms with E-state index in [0.29, 0.717) is 35.2 Å². The van der Waals surface area contributed by atoms with Crippen molar-refractivity contribution in [1.82, 2.24) is 15.5 Å². The number of hydrogen-bond acceptors (Lipinski definition) is 3. The predicted octanol–water partition coefficient (Wildman–Crippen LogP) is 1.15. The highest BCUT2D eigenvalue weighted by atomic mass is 35.5. The standard InChI is InChI=1S/C13H15Cl2N3O2/c1-16-12(19)11-7-17-4-5-18(11)13(20)9-6-8(14)2-3-10(9)15/h2-3,6,11,17H,4-5,7H2,1H3,(H,16,19). The Morgan fingerprint density at radius 1 is 1.40 bits per heavy atom. The molecular formula is C13H15Cl2N3O2. The summed E-state index contributed by atoms with van der Waals surface area (Å²) in [5.41, 5.74) is 0.315. The van der Waals surface area contributed by atoms with Gasteiger partial charge in [0.1, 0.15) is 6.04 Å². The Labute approximate surface area is 127 Å². The fraction of sp³-hybridized carbons (Fsp3) is 0.385. The zero-order chi connectivity index (χ0) is 14.7. The molecule has 0 bridgehead atoms. The highest BCUT2D eigenvalue weighted by Gasteiger charge is 2.32. The number of likely N-dealkylation sites (N-methyl/N-ethyl adjacent to an activating group) is 1.